The molecule has 0 aliphatic carbocycles. The van der Waals surface area contributed by atoms with Crippen LogP contribution in [0.25, 0.3) is 0 Å². The van der Waals surface area contributed by atoms with Crippen LogP contribution in [0.3, 0.4) is 0 Å². The van der Waals surface area contributed by atoms with Gasteiger partial charge in [-0.25, -0.2) is 4.99 Å². The molecule has 3 N–H and O–H groups in total. The second kappa shape index (κ2) is 9.89. The van der Waals surface area contributed by atoms with Crippen molar-refractivity contribution in [3.05, 3.63) is 23.8 Å². The molecule has 1 aromatic carbocycles. The highest BCUT2D eigenvalue weighted by Crippen LogP contribution is 2.27. The topological polar surface area (TPSA) is 75.1 Å². The Balaban J connectivity index is 2.72. The molecule has 0 saturated heterocycles. The van der Waals surface area contributed by atoms with E-state index in [9.17, 15) is 0 Å². The molecule has 1 aromatic rings. The van der Waals surface area contributed by atoms with E-state index in [0.29, 0.717) is 24.6 Å². The molecule has 0 heterocycles. The molecule has 0 aliphatic heterocycles. The van der Waals surface area contributed by atoms with E-state index in [0.717, 1.165) is 18.1 Å². The maximum absolute atomic E-state index is 9.07. The van der Waals surface area contributed by atoms with Crippen molar-refractivity contribution in [1.82, 2.24) is 10.6 Å². The van der Waals surface area contributed by atoms with Gasteiger partial charge in [0.15, 0.2) is 17.5 Å². The largest absolute Gasteiger partial charge is 0.493 e. The van der Waals surface area contributed by atoms with E-state index < -0.39 is 0 Å². The highest BCUT2D eigenvalue weighted by atomic mass is 16.5. The SMILES string of the molecule is CCNC(=NCc1ccc(OC)c(OC)c1)NCC(C)CO. The third-order valence-corrected chi connectivity index (χ3v) is 3.14. The Kier molecular flexibility index (Phi) is 8.14. The van der Waals surface area contributed by atoms with Gasteiger partial charge in [-0.15, -0.1) is 0 Å². The van der Waals surface area contributed by atoms with E-state index in [1.54, 1.807) is 14.2 Å². The van der Waals surface area contributed by atoms with Crippen LogP contribution in [-0.2, 0) is 6.54 Å². The van der Waals surface area contributed by atoms with Gasteiger partial charge in [-0.1, -0.05) is 13.0 Å². The van der Waals surface area contributed by atoms with Crippen molar-refractivity contribution in [3.8, 4) is 11.5 Å². The van der Waals surface area contributed by atoms with Crippen LogP contribution in [0.5, 0.6) is 11.5 Å². The molecule has 0 aromatic heterocycles. The fourth-order valence-corrected chi connectivity index (χ4v) is 1.83. The van der Waals surface area contributed by atoms with Crippen LogP contribution in [0.15, 0.2) is 23.2 Å². The number of nitrogens with one attached hydrogen (secondary N) is 2. The van der Waals surface area contributed by atoms with E-state index in [4.69, 9.17) is 14.6 Å². The first-order valence-corrected chi connectivity index (χ1v) is 7.48. The van der Waals surface area contributed by atoms with Crippen LogP contribution in [0.2, 0.25) is 0 Å². The predicted octanol–water partition coefficient (Wildman–Crippen LogP) is 1.39. The number of nitrogens with zero attached hydrogens (tertiary/aromatic N) is 1. The number of methoxy groups -OCH3 is 2. The maximum Gasteiger partial charge on any atom is 0.191 e. The summed E-state index contributed by atoms with van der Waals surface area (Å²) in [6.45, 7) is 6.14. The summed E-state index contributed by atoms with van der Waals surface area (Å²) in [6.07, 6.45) is 0. The minimum Gasteiger partial charge on any atom is -0.493 e. The van der Waals surface area contributed by atoms with E-state index in [1.165, 1.54) is 0 Å². The Morgan fingerprint density at radius 2 is 1.95 bits per heavy atom. The maximum atomic E-state index is 9.07. The lowest BCUT2D eigenvalue weighted by molar-refractivity contribution is 0.238. The predicted molar refractivity (Wildman–Crippen MR) is 88.6 cm³/mol. The zero-order chi connectivity index (χ0) is 16.4. The molecule has 0 saturated carbocycles. The summed E-state index contributed by atoms with van der Waals surface area (Å²) < 4.78 is 10.5. The van der Waals surface area contributed by atoms with E-state index in [2.05, 4.69) is 15.6 Å². The van der Waals surface area contributed by atoms with Crippen molar-refractivity contribution in [1.29, 1.82) is 0 Å². The molecule has 0 radical (unpaired) electrons. The van der Waals surface area contributed by atoms with Crippen molar-refractivity contribution in [3.63, 3.8) is 0 Å². The van der Waals surface area contributed by atoms with E-state index in [-0.39, 0.29) is 12.5 Å². The van der Waals surface area contributed by atoms with Crippen molar-refractivity contribution in [2.45, 2.75) is 20.4 Å². The molecule has 0 fully saturated rings. The number of rotatable bonds is 8. The van der Waals surface area contributed by atoms with Gasteiger partial charge < -0.3 is 25.2 Å². The molecule has 6 nitrogen and oxygen atoms in total. The van der Waals surface area contributed by atoms with Crippen molar-refractivity contribution >= 4 is 5.96 Å². The number of hydrogen-bond donors (Lipinski definition) is 3. The standard InChI is InChI=1S/C16H27N3O3/c1-5-17-16(18-9-12(2)11-20)19-10-13-6-7-14(21-3)15(8-13)22-4/h6-8,12,20H,5,9-11H2,1-4H3,(H2,17,18,19). The smallest absolute Gasteiger partial charge is 0.191 e. The van der Waals surface area contributed by atoms with Crippen molar-refractivity contribution in [2.75, 3.05) is 33.9 Å². The lowest BCUT2D eigenvalue weighted by Crippen LogP contribution is -2.39. The molecule has 0 spiro atoms. The molecule has 1 rings (SSSR count). The second-order valence-corrected chi connectivity index (χ2v) is 5.05. The van der Waals surface area contributed by atoms with Gasteiger partial charge in [-0.3, -0.25) is 0 Å². The Morgan fingerprint density at radius 3 is 2.55 bits per heavy atom. The fourth-order valence-electron chi connectivity index (χ4n) is 1.83. The van der Waals surface area contributed by atoms with E-state index >= 15 is 0 Å². The Bertz CT molecular complexity index is 478. The Labute approximate surface area is 132 Å². The number of aliphatic hydroxyl groups is 1. The molecule has 124 valence electrons. The highest BCUT2D eigenvalue weighted by Gasteiger charge is 2.05. The van der Waals surface area contributed by atoms with E-state index in [1.807, 2.05) is 32.0 Å². The van der Waals surface area contributed by atoms with Crippen molar-refractivity contribution < 1.29 is 14.6 Å². The zero-order valence-electron chi connectivity index (χ0n) is 13.8. The van der Waals surface area contributed by atoms with Gasteiger partial charge in [0.05, 0.1) is 20.8 Å². The van der Waals surface area contributed by atoms with Crippen molar-refractivity contribution in [2.24, 2.45) is 10.9 Å². The van der Waals surface area contributed by atoms with Crippen LogP contribution in [-0.4, -0.2) is 45.0 Å². The monoisotopic (exact) mass is 309 g/mol. The number of ether oxygens (including phenoxy) is 2. The number of aliphatic imine (C=N–C) groups is 1. The number of aliphatic hydroxyl groups excluding tert-OH is 1. The van der Waals surface area contributed by atoms with Gasteiger partial charge in [0.2, 0.25) is 0 Å². The first-order valence-electron chi connectivity index (χ1n) is 7.48. The van der Waals surface area contributed by atoms with Crippen LogP contribution < -0.4 is 20.1 Å². The molecule has 0 bridgehead atoms. The van der Waals surface area contributed by atoms with Gasteiger partial charge in [-0.05, 0) is 30.5 Å². The first kappa shape index (κ1) is 18.1. The molecule has 1 atom stereocenters. The summed E-state index contributed by atoms with van der Waals surface area (Å²) in [4.78, 5) is 4.54. The van der Waals surface area contributed by atoms with Crippen LogP contribution in [0.1, 0.15) is 19.4 Å². The van der Waals surface area contributed by atoms with Gasteiger partial charge >= 0.3 is 0 Å². The molecule has 1 unspecified atom stereocenters. The van der Waals surface area contributed by atoms with Crippen LogP contribution >= 0.6 is 0 Å². The molecular weight excluding hydrogens is 282 g/mol. The van der Waals surface area contributed by atoms with Crippen LogP contribution in [0.4, 0.5) is 0 Å². The summed E-state index contributed by atoms with van der Waals surface area (Å²) in [5.41, 5.74) is 1.03. The molecule has 6 heteroatoms. The summed E-state index contributed by atoms with van der Waals surface area (Å²) in [5, 5.41) is 15.5. The van der Waals surface area contributed by atoms with Gasteiger partial charge in [-0.2, -0.15) is 0 Å². The number of hydrogen-bond acceptors (Lipinski definition) is 4. The quantitative estimate of drug-likeness (QED) is 0.500. The molecule has 22 heavy (non-hydrogen) atoms. The normalized spacial score (nSPS) is 12.7. The average Bonchev–Trinajstić information content (AvgIpc) is 2.56. The fraction of sp³-hybridized carbons (Fsp3) is 0.562. The lowest BCUT2D eigenvalue weighted by atomic mass is 10.2. The van der Waals surface area contributed by atoms with Gasteiger partial charge in [0.25, 0.3) is 0 Å². The minimum atomic E-state index is 0.155. The number of benzene rings is 1. The second-order valence-electron chi connectivity index (χ2n) is 5.05. The highest BCUT2D eigenvalue weighted by molar-refractivity contribution is 5.79. The zero-order valence-corrected chi connectivity index (χ0v) is 13.8. The third-order valence-electron chi connectivity index (χ3n) is 3.14. The first-order chi connectivity index (χ1) is 10.6. The number of guanidine groups is 1. The Morgan fingerprint density at radius 1 is 1.23 bits per heavy atom. The summed E-state index contributed by atoms with van der Waals surface area (Å²) >= 11 is 0. The molecule has 0 amide bonds. The average molecular weight is 309 g/mol. The third kappa shape index (κ3) is 5.81. The van der Waals surface area contributed by atoms with Crippen LogP contribution in [0, 0.1) is 5.92 Å². The summed E-state index contributed by atoms with van der Waals surface area (Å²) in [5.74, 6) is 2.32. The summed E-state index contributed by atoms with van der Waals surface area (Å²) in [6, 6.07) is 5.75. The minimum absolute atomic E-state index is 0.155. The summed E-state index contributed by atoms with van der Waals surface area (Å²) in [7, 11) is 3.23. The molecular formula is C16H27N3O3. The van der Waals surface area contributed by atoms with Gasteiger partial charge in [0.1, 0.15) is 0 Å². The van der Waals surface area contributed by atoms with Gasteiger partial charge in [0, 0.05) is 19.7 Å². The lowest BCUT2D eigenvalue weighted by Gasteiger charge is -2.14. The molecule has 0 aliphatic rings. The Hall–Kier alpha value is -1.95.